The number of rotatable bonds is 5. The number of nitrogens with zero attached hydrogens (tertiary/aromatic N) is 4. The fourth-order valence-corrected chi connectivity index (χ4v) is 1.68. The maximum atomic E-state index is 12.3. The van der Waals surface area contributed by atoms with Crippen molar-refractivity contribution in [1.29, 1.82) is 0 Å². The number of hydrogen-bond donors (Lipinski definition) is 1. The molecule has 0 atom stereocenters. The van der Waals surface area contributed by atoms with E-state index in [0.29, 0.717) is 5.95 Å². The molecule has 20 heavy (non-hydrogen) atoms. The van der Waals surface area contributed by atoms with E-state index < -0.39 is 11.5 Å². The molecule has 0 spiro atoms. The monoisotopic (exact) mass is 280 g/mol. The van der Waals surface area contributed by atoms with Crippen molar-refractivity contribution in [3.63, 3.8) is 0 Å². The number of carbonyl (C=O) groups is 2. The third-order valence-corrected chi connectivity index (χ3v) is 2.67. The molecule has 1 N–H and O–H groups in total. The molecule has 0 aromatic carbocycles. The smallest absolute Gasteiger partial charge is 0.323 e. The molecule has 0 fully saturated rings. The first kappa shape index (κ1) is 15.9. The van der Waals surface area contributed by atoms with E-state index in [9.17, 15) is 9.59 Å². The fourth-order valence-electron chi connectivity index (χ4n) is 1.68. The summed E-state index contributed by atoms with van der Waals surface area (Å²) >= 11 is 0. The molecule has 0 unspecified atom stereocenters. The number of hydrogen-bond acceptors (Lipinski definition) is 5. The van der Waals surface area contributed by atoms with Crippen molar-refractivity contribution in [3.05, 3.63) is 18.5 Å². The van der Waals surface area contributed by atoms with Crippen molar-refractivity contribution < 1.29 is 14.7 Å². The molecule has 110 valence electrons. The predicted molar refractivity (Wildman–Crippen MR) is 74.4 cm³/mol. The van der Waals surface area contributed by atoms with E-state index in [0.717, 1.165) is 0 Å². The second kappa shape index (κ2) is 6.31. The van der Waals surface area contributed by atoms with E-state index in [4.69, 9.17) is 5.11 Å². The summed E-state index contributed by atoms with van der Waals surface area (Å²) in [5.41, 5.74) is -0.562. The first-order chi connectivity index (χ1) is 9.21. The van der Waals surface area contributed by atoms with E-state index in [-0.39, 0.29) is 19.0 Å². The molecule has 1 heterocycles. The van der Waals surface area contributed by atoms with Gasteiger partial charge in [0.1, 0.15) is 6.54 Å². The Kier molecular flexibility index (Phi) is 5.01. The number of likely N-dealkylation sites (N-methyl/N-ethyl adjacent to an activating group) is 1. The number of carboxylic acids is 1. The molecule has 7 nitrogen and oxygen atoms in total. The highest BCUT2D eigenvalue weighted by Crippen LogP contribution is 2.14. The zero-order chi connectivity index (χ0) is 15.3. The highest BCUT2D eigenvalue weighted by atomic mass is 16.4. The summed E-state index contributed by atoms with van der Waals surface area (Å²) in [6.07, 6.45) is 3.17. The minimum Gasteiger partial charge on any atom is -0.480 e. The quantitative estimate of drug-likeness (QED) is 0.851. The summed E-state index contributed by atoms with van der Waals surface area (Å²) in [5, 5.41) is 8.92. The zero-order valence-electron chi connectivity index (χ0n) is 12.2. The highest BCUT2D eigenvalue weighted by molar-refractivity contribution is 5.85. The van der Waals surface area contributed by atoms with Crippen LogP contribution in [-0.4, -0.2) is 57.5 Å². The fraction of sp³-hybridized carbons (Fsp3) is 0.538. The van der Waals surface area contributed by atoms with Crippen LogP contribution in [0.3, 0.4) is 0 Å². The summed E-state index contributed by atoms with van der Waals surface area (Å²) in [4.78, 5) is 34.2. The van der Waals surface area contributed by atoms with Crippen LogP contribution in [0.25, 0.3) is 0 Å². The summed E-state index contributed by atoms with van der Waals surface area (Å²) in [7, 11) is 1.69. The number of carboxylic acid groups (broad SMARTS) is 1. The Morgan fingerprint density at radius 1 is 1.20 bits per heavy atom. The van der Waals surface area contributed by atoms with E-state index in [1.54, 1.807) is 51.2 Å². The van der Waals surface area contributed by atoms with Crippen LogP contribution in [0.15, 0.2) is 18.5 Å². The lowest BCUT2D eigenvalue weighted by Gasteiger charge is -2.35. The van der Waals surface area contributed by atoms with Crippen molar-refractivity contribution in [1.82, 2.24) is 14.9 Å². The van der Waals surface area contributed by atoms with Crippen LogP contribution in [-0.2, 0) is 9.59 Å². The average molecular weight is 280 g/mol. The van der Waals surface area contributed by atoms with E-state index in [2.05, 4.69) is 9.97 Å². The summed E-state index contributed by atoms with van der Waals surface area (Å²) in [5.74, 6) is -0.897. The number of amides is 1. The molecule has 0 radical (unpaired) electrons. The minimum absolute atomic E-state index is 0.0224. The maximum Gasteiger partial charge on any atom is 0.323 e. The molecule has 1 aromatic heterocycles. The van der Waals surface area contributed by atoms with Crippen LogP contribution >= 0.6 is 0 Å². The Bertz CT molecular complexity index is 470. The van der Waals surface area contributed by atoms with Gasteiger partial charge in [-0.05, 0) is 26.8 Å². The molecule has 1 amide bonds. The third-order valence-electron chi connectivity index (χ3n) is 2.67. The second-order valence-electron chi connectivity index (χ2n) is 5.45. The molecular weight excluding hydrogens is 260 g/mol. The van der Waals surface area contributed by atoms with Gasteiger partial charge in [-0.15, -0.1) is 0 Å². The molecule has 0 aliphatic heterocycles. The molecule has 7 heteroatoms. The van der Waals surface area contributed by atoms with Gasteiger partial charge in [-0.25, -0.2) is 9.97 Å². The van der Waals surface area contributed by atoms with Gasteiger partial charge in [-0.3, -0.25) is 9.59 Å². The molecule has 0 saturated carbocycles. The largest absolute Gasteiger partial charge is 0.480 e. The second-order valence-corrected chi connectivity index (χ2v) is 5.45. The topological polar surface area (TPSA) is 86.6 Å². The van der Waals surface area contributed by atoms with Gasteiger partial charge in [-0.1, -0.05) is 0 Å². The van der Waals surface area contributed by atoms with Gasteiger partial charge in [0.25, 0.3) is 0 Å². The third kappa shape index (κ3) is 4.49. The van der Waals surface area contributed by atoms with E-state index in [1.807, 2.05) is 0 Å². The maximum absolute atomic E-state index is 12.3. The van der Waals surface area contributed by atoms with Gasteiger partial charge in [0.15, 0.2) is 0 Å². The number of aromatic nitrogens is 2. The van der Waals surface area contributed by atoms with E-state index in [1.165, 1.54) is 4.90 Å². The number of carbonyl (C=O) groups excluding carboxylic acids is 1. The van der Waals surface area contributed by atoms with Crippen molar-refractivity contribution in [2.24, 2.45) is 0 Å². The molecule has 0 aliphatic rings. The molecule has 0 bridgehead atoms. The van der Waals surface area contributed by atoms with Crippen molar-refractivity contribution in [2.75, 3.05) is 25.0 Å². The lowest BCUT2D eigenvalue weighted by molar-refractivity contribution is -0.147. The Morgan fingerprint density at radius 3 is 2.20 bits per heavy atom. The van der Waals surface area contributed by atoms with Gasteiger partial charge in [0.05, 0.1) is 6.54 Å². The zero-order valence-corrected chi connectivity index (χ0v) is 12.2. The molecule has 0 aliphatic carbocycles. The molecule has 1 aromatic rings. The first-order valence-corrected chi connectivity index (χ1v) is 6.22. The lowest BCUT2D eigenvalue weighted by Crippen LogP contribution is -2.51. The van der Waals surface area contributed by atoms with Gasteiger partial charge in [0.2, 0.25) is 11.9 Å². The van der Waals surface area contributed by atoms with Crippen LogP contribution in [0, 0.1) is 0 Å². The van der Waals surface area contributed by atoms with Crippen molar-refractivity contribution in [3.8, 4) is 0 Å². The Balaban J connectivity index is 2.79. The summed E-state index contributed by atoms with van der Waals surface area (Å²) in [6, 6.07) is 1.69. The molecular formula is C13H20N4O3. The van der Waals surface area contributed by atoms with Crippen LogP contribution in [0.5, 0.6) is 0 Å². The summed E-state index contributed by atoms with van der Waals surface area (Å²) < 4.78 is 0. The highest BCUT2D eigenvalue weighted by Gasteiger charge is 2.29. The number of aliphatic carboxylic acids is 1. The van der Waals surface area contributed by atoms with Gasteiger partial charge in [0, 0.05) is 25.0 Å². The molecule has 0 saturated heterocycles. The Labute approximate surface area is 118 Å². The normalized spacial score (nSPS) is 11.0. The van der Waals surface area contributed by atoms with Crippen molar-refractivity contribution >= 4 is 17.8 Å². The number of anilines is 1. The van der Waals surface area contributed by atoms with Crippen LogP contribution in [0.2, 0.25) is 0 Å². The van der Waals surface area contributed by atoms with Crippen LogP contribution < -0.4 is 4.90 Å². The Morgan fingerprint density at radius 2 is 1.75 bits per heavy atom. The van der Waals surface area contributed by atoms with Crippen LogP contribution in [0.4, 0.5) is 5.95 Å². The Hall–Kier alpha value is -2.18. The SMILES string of the molecule is CN(CC(=O)N(CC(=O)O)C(C)(C)C)c1ncccn1. The standard InChI is InChI=1S/C13H20N4O3/c1-13(2,3)17(9-11(19)20)10(18)8-16(4)12-14-6-5-7-15-12/h5-7H,8-9H2,1-4H3,(H,19,20). The first-order valence-electron chi connectivity index (χ1n) is 6.22. The molecule has 1 rings (SSSR count). The lowest BCUT2D eigenvalue weighted by atomic mass is 10.1. The van der Waals surface area contributed by atoms with Gasteiger partial charge >= 0.3 is 5.97 Å². The van der Waals surface area contributed by atoms with Gasteiger partial charge < -0.3 is 14.9 Å². The van der Waals surface area contributed by atoms with Gasteiger partial charge in [-0.2, -0.15) is 0 Å². The van der Waals surface area contributed by atoms with E-state index >= 15 is 0 Å². The average Bonchev–Trinajstić information content (AvgIpc) is 2.35. The van der Waals surface area contributed by atoms with Crippen LogP contribution in [0.1, 0.15) is 20.8 Å². The van der Waals surface area contributed by atoms with Crippen molar-refractivity contribution in [2.45, 2.75) is 26.3 Å². The predicted octanol–water partition coefficient (Wildman–Crippen LogP) is 0.624. The summed E-state index contributed by atoms with van der Waals surface area (Å²) in [6.45, 7) is 5.09. The minimum atomic E-state index is -1.04.